The van der Waals surface area contributed by atoms with Crippen molar-refractivity contribution in [2.75, 3.05) is 12.4 Å². The molecule has 1 atom stereocenters. The number of amidine groups is 1. The summed E-state index contributed by atoms with van der Waals surface area (Å²) in [6.45, 7) is 0. The summed E-state index contributed by atoms with van der Waals surface area (Å²) in [6, 6.07) is 12.7. The molecule has 0 aromatic heterocycles. The molecule has 0 radical (unpaired) electrons. The molecule has 8 nitrogen and oxygen atoms in total. The molecule has 3 rings (SSSR count). The molecule has 144 valence electrons. The van der Waals surface area contributed by atoms with Crippen molar-refractivity contribution in [1.29, 1.82) is 0 Å². The number of carboxylic acid groups (broad SMARTS) is 1. The number of carbonyl (C=O) groups is 3. The number of hydrogen-bond acceptors (Lipinski definition) is 7. The summed E-state index contributed by atoms with van der Waals surface area (Å²) in [7, 11) is 1.54. The lowest BCUT2D eigenvalue weighted by atomic mass is 10.2. The number of aliphatic imine (C=N–C) groups is 1. The van der Waals surface area contributed by atoms with Crippen molar-refractivity contribution in [2.45, 2.75) is 11.7 Å². The van der Waals surface area contributed by atoms with Crippen molar-refractivity contribution in [3.8, 4) is 5.75 Å². The minimum Gasteiger partial charge on any atom is -0.545 e. The number of carbonyl (C=O) groups excluding carboxylic acids is 3. The molecule has 0 spiro atoms. The molecule has 2 amide bonds. The Labute approximate surface area is 165 Å². The second kappa shape index (κ2) is 8.57. The number of amides is 2. The van der Waals surface area contributed by atoms with Crippen LogP contribution in [0.25, 0.3) is 0 Å². The molecule has 28 heavy (non-hydrogen) atoms. The van der Waals surface area contributed by atoms with E-state index in [1.807, 2.05) is 0 Å². The smallest absolute Gasteiger partial charge is 0.240 e. The number of nitrogens with zero attached hydrogens (tertiary/aromatic N) is 1. The highest BCUT2D eigenvalue weighted by atomic mass is 32.2. The monoisotopic (exact) mass is 398 g/mol. The van der Waals surface area contributed by atoms with Gasteiger partial charge < -0.3 is 25.3 Å². The van der Waals surface area contributed by atoms with Crippen LogP contribution in [0.5, 0.6) is 5.75 Å². The maximum absolute atomic E-state index is 12.2. The molecule has 2 N–H and O–H groups in total. The average molecular weight is 398 g/mol. The topological polar surface area (TPSA) is 120 Å². The van der Waals surface area contributed by atoms with Crippen molar-refractivity contribution in [1.82, 2.24) is 5.32 Å². The molecule has 1 saturated heterocycles. The lowest BCUT2D eigenvalue weighted by Crippen LogP contribution is -2.28. The van der Waals surface area contributed by atoms with Crippen LogP contribution in [0, 0.1) is 0 Å². The van der Waals surface area contributed by atoms with Gasteiger partial charge in [0, 0.05) is 18.2 Å². The largest absolute Gasteiger partial charge is 0.545 e. The van der Waals surface area contributed by atoms with Crippen LogP contribution in [0.3, 0.4) is 0 Å². The molecule has 0 aliphatic carbocycles. The number of benzene rings is 2. The summed E-state index contributed by atoms with van der Waals surface area (Å²) in [5.41, 5.74) is 1.10. The third-order valence-corrected chi connectivity index (χ3v) is 4.92. The molecule has 1 aliphatic rings. The Morgan fingerprint density at radius 2 is 2.00 bits per heavy atom. The fraction of sp³-hybridized carbons (Fsp3) is 0.158. The number of thioether (sulfide) groups is 1. The van der Waals surface area contributed by atoms with E-state index in [1.165, 1.54) is 31.4 Å². The minimum absolute atomic E-state index is 0.0175. The van der Waals surface area contributed by atoms with E-state index in [4.69, 9.17) is 4.74 Å². The fourth-order valence-electron chi connectivity index (χ4n) is 2.46. The normalized spacial score (nSPS) is 17.2. The Kier molecular flexibility index (Phi) is 5.95. The standard InChI is InChI=1S/C19H17N3O5S/c1-27-14-4-2-3-13(9-14)20-16(23)10-15-17(24)22-19(28-15)21-12-7-5-11(6-8-12)18(25)26/h2-9,15H,10H2,1H3,(H,20,23)(H,25,26)(H,21,22,24)/p-1/t15-/m0/s1. The van der Waals surface area contributed by atoms with Crippen molar-refractivity contribution in [3.63, 3.8) is 0 Å². The lowest BCUT2D eigenvalue weighted by molar-refractivity contribution is -0.255. The van der Waals surface area contributed by atoms with E-state index < -0.39 is 11.2 Å². The first-order valence-electron chi connectivity index (χ1n) is 8.26. The molecule has 0 unspecified atom stereocenters. The predicted molar refractivity (Wildman–Crippen MR) is 104 cm³/mol. The van der Waals surface area contributed by atoms with E-state index in [0.717, 1.165) is 11.8 Å². The fourth-order valence-corrected chi connectivity index (χ4v) is 3.45. The molecular weight excluding hydrogens is 382 g/mol. The van der Waals surface area contributed by atoms with E-state index in [2.05, 4.69) is 15.6 Å². The van der Waals surface area contributed by atoms with Gasteiger partial charge in [0.1, 0.15) is 11.0 Å². The van der Waals surface area contributed by atoms with Gasteiger partial charge in [-0.05, 0) is 29.8 Å². The Hall–Kier alpha value is -3.33. The van der Waals surface area contributed by atoms with Crippen LogP contribution in [0.1, 0.15) is 16.8 Å². The van der Waals surface area contributed by atoms with E-state index in [9.17, 15) is 19.5 Å². The number of ether oxygens (including phenoxy) is 1. The van der Waals surface area contributed by atoms with Gasteiger partial charge in [0.15, 0.2) is 5.17 Å². The molecular formula is C19H16N3O5S-. The summed E-state index contributed by atoms with van der Waals surface area (Å²) in [5.74, 6) is -1.27. The SMILES string of the molecule is COc1cccc(NC(=O)C[C@@H]2SC(=Nc3ccc(C(=O)[O-])cc3)NC2=O)c1. The molecule has 2 aromatic rings. The third-order valence-electron chi connectivity index (χ3n) is 3.83. The average Bonchev–Trinajstić information content (AvgIpc) is 3.01. The maximum Gasteiger partial charge on any atom is 0.240 e. The van der Waals surface area contributed by atoms with Crippen LogP contribution in [-0.2, 0) is 9.59 Å². The van der Waals surface area contributed by atoms with E-state index >= 15 is 0 Å². The molecule has 9 heteroatoms. The van der Waals surface area contributed by atoms with Gasteiger partial charge in [0.25, 0.3) is 0 Å². The quantitative estimate of drug-likeness (QED) is 0.757. The van der Waals surface area contributed by atoms with E-state index in [1.54, 1.807) is 24.3 Å². The number of rotatable bonds is 6. The van der Waals surface area contributed by atoms with E-state index in [0.29, 0.717) is 22.3 Å². The van der Waals surface area contributed by atoms with E-state index in [-0.39, 0.29) is 23.8 Å². The number of carboxylic acids is 1. The van der Waals surface area contributed by atoms with Gasteiger partial charge in [-0.3, -0.25) is 9.59 Å². The van der Waals surface area contributed by atoms with Crippen molar-refractivity contribution >= 4 is 46.1 Å². The van der Waals surface area contributed by atoms with Gasteiger partial charge in [-0.15, -0.1) is 0 Å². The Morgan fingerprint density at radius 3 is 2.68 bits per heavy atom. The number of hydrogen-bond donors (Lipinski definition) is 2. The summed E-state index contributed by atoms with van der Waals surface area (Å²) in [5, 5.41) is 15.9. The minimum atomic E-state index is -1.27. The first kappa shape index (κ1) is 19.4. The summed E-state index contributed by atoms with van der Waals surface area (Å²) in [4.78, 5) is 39.4. The predicted octanol–water partition coefficient (Wildman–Crippen LogP) is 1.31. The molecule has 1 heterocycles. The molecule has 1 aliphatic heterocycles. The first-order chi connectivity index (χ1) is 13.4. The van der Waals surface area contributed by atoms with Gasteiger partial charge >= 0.3 is 0 Å². The van der Waals surface area contributed by atoms with Gasteiger partial charge in [-0.2, -0.15) is 0 Å². The van der Waals surface area contributed by atoms with Crippen LogP contribution in [0.15, 0.2) is 53.5 Å². The van der Waals surface area contributed by atoms with Crippen molar-refractivity contribution in [3.05, 3.63) is 54.1 Å². The Morgan fingerprint density at radius 1 is 1.25 bits per heavy atom. The summed E-state index contributed by atoms with van der Waals surface area (Å²) >= 11 is 1.15. The Bertz CT molecular complexity index is 943. The number of anilines is 1. The number of aromatic carboxylic acids is 1. The zero-order valence-corrected chi connectivity index (χ0v) is 15.6. The van der Waals surface area contributed by atoms with Crippen molar-refractivity contribution < 1.29 is 24.2 Å². The first-order valence-corrected chi connectivity index (χ1v) is 9.14. The highest BCUT2D eigenvalue weighted by molar-refractivity contribution is 8.15. The van der Waals surface area contributed by atoms with Crippen LogP contribution in [0.2, 0.25) is 0 Å². The van der Waals surface area contributed by atoms with Crippen LogP contribution < -0.4 is 20.5 Å². The van der Waals surface area contributed by atoms with Gasteiger partial charge in [-0.25, -0.2) is 4.99 Å². The lowest BCUT2D eigenvalue weighted by Gasteiger charge is -2.08. The number of methoxy groups -OCH3 is 1. The van der Waals surface area contributed by atoms with Crippen LogP contribution in [0.4, 0.5) is 11.4 Å². The molecule has 2 aromatic carbocycles. The second-order valence-electron chi connectivity index (χ2n) is 5.83. The Balaban J connectivity index is 1.60. The highest BCUT2D eigenvalue weighted by Gasteiger charge is 2.32. The van der Waals surface area contributed by atoms with Gasteiger partial charge in [0.2, 0.25) is 11.8 Å². The number of nitrogens with one attached hydrogen (secondary N) is 2. The molecule has 1 fully saturated rings. The molecule has 0 bridgehead atoms. The highest BCUT2D eigenvalue weighted by Crippen LogP contribution is 2.26. The van der Waals surface area contributed by atoms with Crippen LogP contribution >= 0.6 is 11.8 Å². The van der Waals surface area contributed by atoms with Crippen molar-refractivity contribution in [2.24, 2.45) is 4.99 Å². The van der Waals surface area contributed by atoms with Gasteiger partial charge in [0.05, 0.1) is 18.8 Å². The summed E-state index contributed by atoms with van der Waals surface area (Å²) < 4.78 is 5.11. The zero-order valence-electron chi connectivity index (χ0n) is 14.8. The third kappa shape index (κ3) is 4.89. The summed E-state index contributed by atoms with van der Waals surface area (Å²) in [6.07, 6.45) is -0.0175. The van der Waals surface area contributed by atoms with Gasteiger partial charge in [-0.1, -0.05) is 30.0 Å². The van der Waals surface area contributed by atoms with Crippen LogP contribution in [-0.4, -0.2) is 35.3 Å². The maximum atomic E-state index is 12.2. The molecule has 0 saturated carbocycles. The zero-order chi connectivity index (χ0) is 20.1. The second-order valence-corrected chi connectivity index (χ2v) is 7.02.